The molecule has 0 aliphatic rings. The number of likely N-dealkylation sites (N-methyl/N-ethyl adjacent to an activating group) is 1. The Kier molecular flexibility index (Phi) is 5.72. The standard InChI is InChI=1S/C16H23N3O/c1-4-10-16(3,18)15(20)19(5-2)12-14-9-7-6-8-13(14)11-17/h6-9H,4-5,10,12,18H2,1-3H3. The second kappa shape index (κ2) is 7.06. The monoisotopic (exact) mass is 273 g/mol. The van der Waals surface area contributed by atoms with Gasteiger partial charge in [0.2, 0.25) is 5.91 Å². The van der Waals surface area contributed by atoms with E-state index >= 15 is 0 Å². The Morgan fingerprint density at radius 3 is 2.60 bits per heavy atom. The number of benzene rings is 1. The van der Waals surface area contributed by atoms with Crippen LogP contribution in [0.4, 0.5) is 0 Å². The van der Waals surface area contributed by atoms with Gasteiger partial charge in [-0.1, -0.05) is 31.5 Å². The summed E-state index contributed by atoms with van der Waals surface area (Å²) in [5, 5.41) is 9.11. The highest BCUT2D eigenvalue weighted by molar-refractivity contribution is 5.85. The zero-order chi connectivity index (χ0) is 15.2. The van der Waals surface area contributed by atoms with Crippen LogP contribution in [0.3, 0.4) is 0 Å². The summed E-state index contributed by atoms with van der Waals surface area (Å²) in [6, 6.07) is 9.50. The average Bonchev–Trinajstić information content (AvgIpc) is 2.44. The van der Waals surface area contributed by atoms with Crippen molar-refractivity contribution in [1.82, 2.24) is 4.90 Å². The maximum absolute atomic E-state index is 12.5. The van der Waals surface area contributed by atoms with Crippen LogP contribution in [0.25, 0.3) is 0 Å². The summed E-state index contributed by atoms with van der Waals surface area (Å²) in [4.78, 5) is 14.2. The Morgan fingerprint density at radius 2 is 2.05 bits per heavy atom. The summed E-state index contributed by atoms with van der Waals surface area (Å²) in [5.41, 5.74) is 6.74. The molecule has 0 spiro atoms. The van der Waals surface area contributed by atoms with Gasteiger partial charge >= 0.3 is 0 Å². The lowest BCUT2D eigenvalue weighted by Gasteiger charge is -2.31. The van der Waals surface area contributed by atoms with Crippen molar-refractivity contribution in [2.75, 3.05) is 6.54 Å². The Bertz CT molecular complexity index is 503. The number of hydrogen-bond acceptors (Lipinski definition) is 3. The van der Waals surface area contributed by atoms with Crippen molar-refractivity contribution < 1.29 is 4.79 Å². The number of amides is 1. The average molecular weight is 273 g/mol. The number of carbonyl (C=O) groups excluding carboxylic acids is 1. The van der Waals surface area contributed by atoms with Gasteiger partial charge in [-0.15, -0.1) is 0 Å². The van der Waals surface area contributed by atoms with Crippen LogP contribution >= 0.6 is 0 Å². The highest BCUT2D eigenvalue weighted by Crippen LogP contribution is 2.17. The molecule has 0 aliphatic heterocycles. The number of hydrogen-bond donors (Lipinski definition) is 1. The van der Waals surface area contributed by atoms with Gasteiger partial charge in [0.15, 0.2) is 0 Å². The third kappa shape index (κ3) is 3.82. The third-order valence-electron chi connectivity index (χ3n) is 3.43. The molecule has 0 aromatic heterocycles. The Balaban J connectivity index is 2.93. The molecule has 1 atom stereocenters. The van der Waals surface area contributed by atoms with E-state index < -0.39 is 5.54 Å². The molecule has 0 heterocycles. The lowest BCUT2D eigenvalue weighted by Crippen LogP contribution is -2.52. The normalized spacial score (nSPS) is 13.3. The molecule has 108 valence electrons. The maximum Gasteiger partial charge on any atom is 0.242 e. The van der Waals surface area contributed by atoms with E-state index in [1.807, 2.05) is 32.0 Å². The van der Waals surface area contributed by atoms with Crippen LogP contribution in [-0.4, -0.2) is 22.9 Å². The van der Waals surface area contributed by atoms with Crippen molar-refractivity contribution in [2.24, 2.45) is 5.73 Å². The maximum atomic E-state index is 12.5. The molecule has 0 bridgehead atoms. The topological polar surface area (TPSA) is 70.1 Å². The van der Waals surface area contributed by atoms with Crippen molar-refractivity contribution in [3.63, 3.8) is 0 Å². The van der Waals surface area contributed by atoms with E-state index in [9.17, 15) is 4.79 Å². The van der Waals surface area contributed by atoms with Crippen LogP contribution in [0.15, 0.2) is 24.3 Å². The fourth-order valence-corrected chi connectivity index (χ4v) is 2.29. The number of nitriles is 1. The highest BCUT2D eigenvalue weighted by atomic mass is 16.2. The zero-order valence-electron chi connectivity index (χ0n) is 12.5. The van der Waals surface area contributed by atoms with E-state index in [1.165, 1.54) is 0 Å². The summed E-state index contributed by atoms with van der Waals surface area (Å²) in [7, 11) is 0. The molecule has 1 aromatic rings. The highest BCUT2D eigenvalue weighted by Gasteiger charge is 2.31. The molecule has 0 aliphatic carbocycles. The molecule has 1 rings (SSSR count). The van der Waals surface area contributed by atoms with Crippen molar-refractivity contribution in [2.45, 2.75) is 45.7 Å². The molecule has 1 aromatic carbocycles. The van der Waals surface area contributed by atoms with Gasteiger partial charge in [0, 0.05) is 13.1 Å². The molecule has 0 radical (unpaired) electrons. The van der Waals surface area contributed by atoms with Gasteiger partial charge in [-0.05, 0) is 31.9 Å². The van der Waals surface area contributed by atoms with Gasteiger partial charge in [-0.25, -0.2) is 0 Å². The Hall–Kier alpha value is -1.86. The second-order valence-electron chi connectivity index (χ2n) is 5.26. The summed E-state index contributed by atoms with van der Waals surface area (Å²) in [5.74, 6) is -0.0606. The van der Waals surface area contributed by atoms with Gasteiger partial charge in [-0.2, -0.15) is 5.26 Å². The van der Waals surface area contributed by atoms with Crippen molar-refractivity contribution >= 4 is 5.91 Å². The molecule has 20 heavy (non-hydrogen) atoms. The van der Waals surface area contributed by atoms with Gasteiger partial charge < -0.3 is 10.6 Å². The van der Waals surface area contributed by atoms with E-state index in [0.29, 0.717) is 25.1 Å². The fraction of sp³-hybridized carbons (Fsp3) is 0.500. The van der Waals surface area contributed by atoms with E-state index in [4.69, 9.17) is 11.0 Å². The van der Waals surface area contributed by atoms with Crippen LogP contribution in [0.5, 0.6) is 0 Å². The number of carbonyl (C=O) groups is 1. The van der Waals surface area contributed by atoms with Crippen LogP contribution < -0.4 is 5.73 Å². The molecule has 1 amide bonds. The SMILES string of the molecule is CCCC(C)(N)C(=O)N(CC)Cc1ccccc1C#N. The zero-order valence-corrected chi connectivity index (χ0v) is 12.5. The Labute approximate surface area is 121 Å². The van der Waals surface area contributed by atoms with Crippen molar-refractivity contribution in [3.8, 4) is 6.07 Å². The minimum absolute atomic E-state index is 0.0606. The number of nitrogens with two attached hydrogens (primary N) is 1. The second-order valence-corrected chi connectivity index (χ2v) is 5.26. The van der Waals surface area contributed by atoms with Gasteiger partial charge in [0.05, 0.1) is 17.2 Å². The number of nitrogens with zero attached hydrogens (tertiary/aromatic N) is 2. The molecule has 0 saturated carbocycles. The summed E-state index contributed by atoms with van der Waals surface area (Å²) >= 11 is 0. The van der Waals surface area contributed by atoms with Gasteiger partial charge in [0.25, 0.3) is 0 Å². The lowest BCUT2D eigenvalue weighted by atomic mass is 9.95. The third-order valence-corrected chi connectivity index (χ3v) is 3.43. The summed E-state index contributed by atoms with van der Waals surface area (Å²) < 4.78 is 0. The van der Waals surface area contributed by atoms with Gasteiger partial charge in [0.1, 0.15) is 0 Å². The first-order valence-electron chi connectivity index (χ1n) is 7.02. The first-order chi connectivity index (χ1) is 9.46. The first kappa shape index (κ1) is 16.2. The van der Waals surface area contributed by atoms with Crippen LogP contribution in [-0.2, 0) is 11.3 Å². The minimum atomic E-state index is -0.841. The van der Waals surface area contributed by atoms with Crippen LogP contribution in [0.2, 0.25) is 0 Å². The predicted molar refractivity (Wildman–Crippen MR) is 79.7 cm³/mol. The summed E-state index contributed by atoms with van der Waals surface area (Å²) in [6.07, 6.45) is 1.52. The van der Waals surface area contributed by atoms with Gasteiger partial charge in [-0.3, -0.25) is 4.79 Å². The fourth-order valence-electron chi connectivity index (χ4n) is 2.29. The smallest absolute Gasteiger partial charge is 0.242 e. The first-order valence-corrected chi connectivity index (χ1v) is 7.02. The molecule has 1 unspecified atom stereocenters. The minimum Gasteiger partial charge on any atom is -0.337 e. The molecule has 4 heteroatoms. The predicted octanol–water partition coefficient (Wildman–Crippen LogP) is 2.42. The van der Waals surface area contributed by atoms with Crippen molar-refractivity contribution in [1.29, 1.82) is 5.26 Å². The molecular weight excluding hydrogens is 250 g/mol. The molecule has 4 nitrogen and oxygen atoms in total. The molecule has 0 fully saturated rings. The largest absolute Gasteiger partial charge is 0.337 e. The molecular formula is C16H23N3O. The quantitative estimate of drug-likeness (QED) is 0.865. The van der Waals surface area contributed by atoms with E-state index in [-0.39, 0.29) is 5.91 Å². The molecule has 2 N–H and O–H groups in total. The van der Waals surface area contributed by atoms with E-state index in [0.717, 1.165) is 12.0 Å². The van der Waals surface area contributed by atoms with E-state index in [1.54, 1.807) is 17.9 Å². The lowest BCUT2D eigenvalue weighted by molar-refractivity contribution is -0.137. The van der Waals surface area contributed by atoms with Crippen LogP contribution in [0, 0.1) is 11.3 Å². The summed E-state index contributed by atoms with van der Waals surface area (Å²) in [6.45, 7) is 6.72. The Morgan fingerprint density at radius 1 is 1.40 bits per heavy atom. The molecule has 0 saturated heterocycles. The van der Waals surface area contributed by atoms with Crippen molar-refractivity contribution in [3.05, 3.63) is 35.4 Å². The van der Waals surface area contributed by atoms with Crippen LogP contribution in [0.1, 0.15) is 44.7 Å². The van der Waals surface area contributed by atoms with E-state index in [2.05, 4.69) is 6.07 Å². The number of rotatable bonds is 6.